The third kappa shape index (κ3) is 2.41. The zero-order valence-corrected chi connectivity index (χ0v) is 12.8. The molecule has 0 saturated carbocycles. The minimum Gasteiger partial charge on any atom is -0.276 e. The van der Waals surface area contributed by atoms with Crippen molar-refractivity contribution in [3.63, 3.8) is 0 Å². The topological polar surface area (TPSA) is 28.7 Å². The van der Waals surface area contributed by atoms with Crippen LogP contribution in [-0.4, -0.2) is 10.2 Å². The zero-order valence-electron chi connectivity index (χ0n) is 11.2. The number of hydrogen-bond donors (Lipinski definition) is 1. The summed E-state index contributed by atoms with van der Waals surface area (Å²) < 4.78 is 1.01. The van der Waals surface area contributed by atoms with E-state index in [4.69, 9.17) is 0 Å². The van der Waals surface area contributed by atoms with Crippen molar-refractivity contribution in [3.8, 4) is 22.5 Å². The second-order valence-corrected chi connectivity index (χ2v) is 5.47. The molecule has 0 spiro atoms. The molecule has 0 bridgehead atoms. The van der Waals surface area contributed by atoms with Crippen LogP contribution in [0.3, 0.4) is 0 Å². The summed E-state index contributed by atoms with van der Waals surface area (Å²) in [7, 11) is 0. The average molecular weight is 327 g/mol. The Kier molecular flexibility index (Phi) is 3.70. The first kappa shape index (κ1) is 13.1. The molecule has 0 amide bonds. The maximum atomic E-state index is 4.47. The first-order valence-electron chi connectivity index (χ1n) is 6.68. The fourth-order valence-electron chi connectivity index (χ4n) is 2.25. The van der Waals surface area contributed by atoms with Gasteiger partial charge >= 0.3 is 0 Å². The lowest BCUT2D eigenvalue weighted by atomic mass is 10.1. The van der Waals surface area contributed by atoms with Gasteiger partial charge in [0, 0.05) is 11.1 Å². The second-order valence-electron chi connectivity index (χ2n) is 4.68. The summed E-state index contributed by atoms with van der Waals surface area (Å²) in [5, 5.41) is 7.60. The van der Waals surface area contributed by atoms with Gasteiger partial charge in [-0.15, -0.1) is 0 Å². The van der Waals surface area contributed by atoms with E-state index in [0.717, 1.165) is 33.4 Å². The van der Waals surface area contributed by atoms with E-state index in [9.17, 15) is 0 Å². The molecular weight excluding hydrogens is 312 g/mol. The van der Waals surface area contributed by atoms with E-state index >= 15 is 0 Å². The molecule has 0 atom stereocenters. The van der Waals surface area contributed by atoms with E-state index in [-0.39, 0.29) is 0 Å². The number of H-pyrrole nitrogens is 1. The van der Waals surface area contributed by atoms with E-state index in [1.807, 2.05) is 18.2 Å². The van der Waals surface area contributed by atoms with Gasteiger partial charge in [0.2, 0.25) is 0 Å². The van der Waals surface area contributed by atoms with Crippen molar-refractivity contribution in [3.05, 3.63) is 64.6 Å². The van der Waals surface area contributed by atoms with Crippen molar-refractivity contribution in [2.45, 2.75) is 13.3 Å². The number of nitrogens with one attached hydrogen (secondary N) is 1. The number of rotatable bonds is 3. The van der Waals surface area contributed by atoms with Crippen molar-refractivity contribution in [1.29, 1.82) is 0 Å². The molecular formula is C17H15BrN2. The van der Waals surface area contributed by atoms with Gasteiger partial charge in [0.05, 0.1) is 10.2 Å². The van der Waals surface area contributed by atoms with Gasteiger partial charge in [-0.3, -0.25) is 5.10 Å². The van der Waals surface area contributed by atoms with E-state index in [1.54, 1.807) is 0 Å². The van der Waals surface area contributed by atoms with Crippen LogP contribution in [0, 0.1) is 0 Å². The molecule has 100 valence electrons. The van der Waals surface area contributed by atoms with E-state index in [2.05, 4.69) is 69.4 Å². The Balaban J connectivity index is 2.06. The van der Waals surface area contributed by atoms with Crippen LogP contribution in [0.5, 0.6) is 0 Å². The molecule has 0 aliphatic rings. The van der Waals surface area contributed by atoms with Crippen LogP contribution in [-0.2, 0) is 6.42 Å². The molecule has 2 aromatic carbocycles. The Morgan fingerprint density at radius 1 is 1.00 bits per heavy atom. The van der Waals surface area contributed by atoms with E-state index in [1.165, 1.54) is 5.56 Å². The van der Waals surface area contributed by atoms with Crippen LogP contribution < -0.4 is 0 Å². The summed E-state index contributed by atoms with van der Waals surface area (Å²) in [6.45, 7) is 2.16. The summed E-state index contributed by atoms with van der Waals surface area (Å²) >= 11 is 3.68. The number of nitrogens with zero attached hydrogens (tertiary/aromatic N) is 1. The van der Waals surface area contributed by atoms with E-state index < -0.39 is 0 Å². The van der Waals surface area contributed by atoms with Crippen molar-refractivity contribution < 1.29 is 0 Å². The molecule has 1 heterocycles. The predicted molar refractivity (Wildman–Crippen MR) is 86.5 cm³/mol. The molecule has 2 nitrogen and oxygen atoms in total. The molecule has 0 fully saturated rings. The molecule has 20 heavy (non-hydrogen) atoms. The van der Waals surface area contributed by atoms with Gasteiger partial charge in [-0.1, -0.05) is 55.5 Å². The SMILES string of the molecule is CCc1cccc(-c2n[nH]c(-c3ccccc3)c2Br)c1. The number of aromatic nitrogens is 2. The largest absolute Gasteiger partial charge is 0.276 e. The lowest BCUT2D eigenvalue weighted by Crippen LogP contribution is -1.83. The van der Waals surface area contributed by atoms with E-state index in [0.29, 0.717) is 0 Å². The number of benzene rings is 2. The number of aromatic amines is 1. The second kappa shape index (κ2) is 5.63. The molecule has 0 unspecified atom stereocenters. The standard InChI is InChI=1S/C17H15BrN2/c1-2-12-7-6-10-14(11-12)17-15(18)16(19-20-17)13-8-4-3-5-9-13/h3-11H,2H2,1H3,(H,19,20). The summed E-state index contributed by atoms with van der Waals surface area (Å²) in [5.41, 5.74) is 5.56. The lowest BCUT2D eigenvalue weighted by Gasteiger charge is -2.02. The Morgan fingerprint density at radius 2 is 1.75 bits per heavy atom. The van der Waals surface area contributed by atoms with Crippen LogP contribution in [0.4, 0.5) is 0 Å². The van der Waals surface area contributed by atoms with Crippen molar-refractivity contribution in [2.75, 3.05) is 0 Å². The highest BCUT2D eigenvalue weighted by atomic mass is 79.9. The van der Waals surface area contributed by atoms with Gasteiger partial charge in [-0.2, -0.15) is 5.10 Å². The van der Waals surface area contributed by atoms with Crippen LogP contribution >= 0.6 is 15.9 Å². The number of aryl methyl sites for hydroxylation is 1. The average Bonchev–Trinajstić information content (AvgIpc) is 2.90. The first-order chi connectivity index (χ1) is 9.79. The summed E-state index contributed by atoms with van der Waals surface area (Å²) in [5.74, 6) is 0. The lowest BCUT2D eigenvalue weighted by molar-refractivity contribution is 1.09. The summed E-state index contributed by atoms with van der Waals surface area (Å²) in [4.78, 5) is 0. The van der Waals surface area contributed by atoms with Crippen LogP contribution in [0.25, 0.3) is 22.5 Å². The highest BCUT2D eigenvalue weighted by molar-refractivity contribution is 9.10. The molecule has 3 heteroatoms. The molecule has 1 N–H and O–H groups in total. The minimum absolute atomic E-state index is 0.958. The van der Waals surface area contributed by atoms with Gasteiger partial charge in [-0.05, 0) is 34.0 Å². The third-order valence-corrected chi connectivity index (χ3v) is 4.15. The molecule has 1 aromatic heterocycles. The quantitative estimate of drug-likeness (QED) is 0.715. The zero-order chi connectivity index (χ0) is 13.9. The van der Waals surface area contributed by atoms with Gasteiger partial charge < -0.3 is 0 Å². The monoisotopic (exact) mass is 326 g/mol. The summed E-state index contributed by atoms with van der Waals surface area (Å²) in [6, 6.07) is 18.7. The van der Waals surface area contributed by atoms with Crippen LogP contribution in [0.1, 0.15) is 12.5 Å². The molecule has 0 saturated heterocycles. The fraction of sp³-hybridized carbons (Fsp3) is 0.118. The molecule has 0 aliphatic heterocycles. The Bertz CT molecular complexity index is 717. The molecule has 3 rings (SSSR count). The van der Waals surface area contributed by atoms with Crippen LogP contribution in [0.2, 0.25) is 0 Å². The van der Waals surface area contributed by atoms with Crippen molar-refractivity contribution in [2.24, 2.45) is 0 Å². The number of hydrogen-bond acceptors (Lipinski definition) is 1. The summed E-state index contributed by atoms with van der Waals surface area (Å²) in [6.07, 6.45) is 1.03. The van der Waals surface area contributed by atoms with Gasteiger partial charge in [0.1, 0.15) is 5.69 Å². The third-order valence-electron chi connectivity index (χ3n) is 3.38. The highest BCUT2D eigenvalue weighted by Gasteiger charge is 2.13. The van der Waals surface area contributed by atoms with Gasteiger partial charge in [-0.25, -0.2) is 0 Å². The molecule has 0 aliphatic carbocycles. The maximum Gasteiger partial charge on any atom is 0.107 e. The highest BCUT2D eigenvalue weighted by Crippen LogP contribution is 2.34. The number of halogens is 1. The maximum absolute atomic E-state index is 4.47. The minimum atomic E-state index is 0.958. The molecule has 3 aromatic rings. The Labute approximate surface area is 127 Å². The van der Waals surface area contributed by atoms with Gasteiger partial charge in [0.25, 0.3) is 0 Å². The first-order valence-corrected chi connectivity index (χ1v) is 7.47. The van der Waals surface area contributed by atoms with Gasteiger partial charge in [0.15, 0.2) is 0 Å². The fourth-order valence-corrected chi connectivity index (χ4v) is 2.89. The van der Waals surface area contributed by atoms with Crippen molar-refractivity contribution >= 4 is 15.9 Å². The van der Waals surface area contributed by atoms with Crippen LogP contribution in [0.15, 0.2) is 59.1 Å². The Hall–Kier alpha value is -1.87. The Morgan fingerprint density at radius 3 is 2.50 bits per heavy atom. The van der Waals surface area contributed by atoms with Crippen molar-refractivity contribution in [1.82, 2.24) is 10.2 Å². The molecule has 0 radical (unpaired) electrons. The predicted octanol–water partition coefficient (Wildman–Crippen LogP) is 5.07. The normalized spacial score (nSPS) is 10.7. The smallest absolute Gasteiger partial charge is 0.107 e.